The van der Waals surface area contributed by atoms with E-state index in [4.69, 9.17) is 20.2 Å². The first-order valence-corrected chi connectivity index (χ1v) is 8.17. The molecule has 0 bridgehead atoms. The maximum atomic E-state index is 10.6. The number of halogens is 1. The van der Waals surface area contributed by atoms with Crippen molar-refractivity contribution in [1.29, 1.82) is 0 Å². The van der Waals surface area contributed by atoms with Crippen molar-refractivity contribution in [3.8, 4) is 0 Å². The number of hydrogen-bond acceptors (Lipinski definition) is 4. The van der Waals surface area contributed by atoms with Crippen LogP contribution in [-0.4, -0.2) is 40.1 Å². The van der Waals surface area contributed by atoms with Gasteiger partial charge in [-0.25, -0.2) is 8.42 Å². The lowest BCUT2D eigenvalue weighted by atomic mass is 9.98. The number of rotatable bonds is 7. The van der Waals surface area contributed by atoms with Gasteiger partial charge in [0, 0.05) is 10.7 Å². The van der Waals surface area contributed by atoms with E-state index in [0.29, 0.717) is 19.3 Å². The Morgan fingerprint density at radius 2 is 1.75 bits per heavy atom. The Hall–Kier alpha value is 0.160. The molecule has 1 saturated carbocycles. The first kappa shape index (κ1) is 14.2. The molecule has 0 unspecified atom stereocenters. The molecular weight excluding hydrogens is 252 g/mol. The van der Waals surface area contributed by atoms with Gasteiger partial charge in [-0.15, -0.1) is 0 Å². The van der Waals surface area contributed by atoms with Crippen LogP contribution in [0.4, 0.5) is 0 Å². The molecular formula is C10H19ClO4S. The summed E-state index contributed by atoms with van der Waals surface area (Å²) >= 11 is 0. The van der Waals surface area contributed by atoms with Crippen molar-refractivity contribution in [3.63, 3.8) is 0 Å². The highest BCUT2D eigenvalue weighted by molar-refractivity contribution is 8.13. The first-order valence-electron chi connectivity index (χ1n) is 5.69. The van der Waals surface area contributed by atoms with Crippen LogP contribution in [0.5, 0.6) is 0 Å². The minimum Gasteiger partial charge on any atom is -0.378 e. The topological polar surface area (TPSA) is 52.6 Å². The van der Waals surface area contributed by atoms with Gasteiger partial charge in [0.05, 0.1) is 31.7 Å². The summed E-state index contributed by atoms with van der Waals surface area (Å²) in [6.07, 6.45) is 6.44. The molecule has 0 aromatic rings. The van der Waals surface area contributed by atoms with Crippen molar-refractivity contribution in [2.75, 3.05) is 25.6 Å². The third kappa shape index (κ3) is 7.44. The molecule has 0 aromatic carbocycles. The standard InChI is InChI=1S/C10H19ClO4S/c11-16(12,13)9-8-14-6-7-15-10-4-2-1-3-5-10/h10H,1-9H2. The Morgan fingerprint density at radius 3 is 2.38 bits per heavy atom. The van der Waals surface area contributed by atoms with Gasteiger partial charge in [0.15, 0.2) is 0 Å². The van der Waals surface area contributed by atoms with Crippen LogP contribution >= 0.6 is 10.7 Å². The normalized spacial score (nSPS) is 18.8. The molecule has 96 valence electrons. The van der Waals surface area contributed by atoms with E-state index in [1.165, 1.54) is 19.3 Å². The summed E-state index contributed by atoms with van der Waals surface area (Å²) in [5.74, 6) is -0.141. The lowest BCUT2D eigenvalue weighted by molar-refractivity contribution is -0.00755. The van der Waals surface area contributed by atoms with E-state index < -0.39 is 9.05 Å². The molecule has 0 aromatic heterocycles. The predicted octanol–water partition coefficient (Wildman–Crippen LogP) is 1.92. The molecule has 1 aliphatic carbocycles. The van der Waals surface area contributed by atoms with Crippen molar-refractivity contribution in [2.45, 2.75) is 38.2 Å². The fourth-order valence-corrected chi connectivity index (χ4v) is 2.27. The van der Waals surface area contributed by atoms with Crippen molar-refractivity contribution in [2.24, 2.45) is 0 Å². The predicted molar refractivity (Wildman–Crippen MR) is 63.3 cm³/mol. The molecule has 16 heavy (non-hydrogen) atoms. The van der Waals surface area contributed by atoms with Gasteiger partial charge in [-0.2, -0.15) is 0 Å². The second kappa shape index (κ2) is 7.48. The van der Waals surface area contributed by atoms with Gasteiger partial charge in [0.25, 0.3) is 0 Å². The summed E-state index contributed by atoms with van der Waals surface area (Å²) in [5, 5.41) is 0. The van der Waals surface area contributed by atoms with Gasteiger partial charge in [0.1, 0.15) is 0 Å². The summed E-state index contributed by atoms with van der Waals surface area (Å²) in [6, 6.07) is 0. The Kier molecular flexibility index (Phi) is 6.65. The van der Waals surface area contributed by atoms with E-state index in [1.54, 1.807) is 0 Å². The molecule has 0 N–H and O–H groups in total. The van der Waals surface area contributed by atoms with Crippen LogP contribution in [0.15, 0.2) is 0 Å². The summed E-state index contributed by atoms with van der Waals surface area (Å²) in [6.45, 7) is 1.11. The number of ether oxygens (including phenoxy) is 2. The third-order valence-electron chi connectivity index (χ3n) is 2.60. The molecule has 0 radical (unpaired) electrons. The van der Waals surface area contributed by atoms with Gasteiger partial charge in [-0.3, -0.25) is 0 Å². The third-order valence-corrected chi connectivity index (χ3v) is 3.72. The van der Waals surface area contributed by atoms with Crippen LogP contribution in [0.2, 0.25) is 0 Å². The Morgan fingerprint density at radius 1 is 1.06 bits per heavy atom. The zero-order chi connectivity index (χ0) is 11.9. The monoisotopic (exact) mass is 270 g/mol. The van der Waals surface area contributed by atoms with E-state index >= 15 is 0 Å². The second-order valence-corrected chi connectivity index (χ2v) is 6.88. The first-order chi connectivity index (χ1) is 7.58. The molecule has 1 fully saturated rings. The fraction of sp³-hybridized carbons (Fsp3) is 1.00. The summed E-state index contributed by atoms with van der Waals surface area (Å²) in [7, 11) is 1.60. The molecule has 0 heterocycles. The molecule has 0 saturated heterocycles. The molecule has 4 nitrogen and oxygen atoms in total. The van der Waals surface area contributed by atoms with Gasteiger partial charge >= 0.3 is 0 Å². The molecule has 0 spiro atoms. The zero-order valence-electron chi connectivity index (χ0n) is 9.36. The van der Waals surface area contributed by atoms with E-state index in [2.05, 4.69) is 0 Å². The Balaban J connectivity index is 1.91. The Labute approximate surface area is 102 Å². The maximum Gasteiger partial charge on any atom is 0.234 e. The molecule has 0 amide bonds. The van der Waals surface area contributed by atoms with Gasteiger partial charge in [-0.05, 0) is 12.8 Å². The average Bonchev–Trinajstić information content (AvgIpc) is 2.23. The van der Waals surface area contributed by atoms with Crippen LogP contribution in [0, 0.1) is 0 Å². The molecule has 1 aliphatic rings. The quantitative estimate of drug-likeness (QED) is 0.524. The Bertz CT molecular complexity index is 273. The van der Waals surface area contributed by atoms with Crippen molar-refractivity contribution >= 4 is 19.7 Å². The van der Waals surface area contributed by atoms with Crippen LogP contribution < -0.4 is 0 Å². The smallest absolute Gasteiger partial charge is 0.234 e. The van der Waals surface area contributed by atoms with E-state index in [1.807, 2.05) is 0 Å². The van der Waals surface area contributed by atoms with Crippen LogP contribution in [0.25, 0.3) is 0 Å². The molecule has 0 aliphatic heterocycles. The van der Waals surface area contributed by atoms with Crippen LogP contribution in [0.1, 0.15) is 32.1 Å². The van der Waals surface area contributed by atoms with Crippen LogP contribution in [-0.2, 0) is 18.5 Å². The lowest BCUT2D eigenvalue weighted by Gasteiger charge is -2.21. The van der Waals surface area contributed by atoms with Crippen molar-refractivity contribution < 1.29 is 17.9 Å². The van der Waals surface area contributed by atoms with Gasteiger partial charge < -0.3 is 9.47 Å². The second-order valence-electron chi connectivity index (χ2n) is 3.99. The van der Waals surface area contributed by atoms with E-state index in [9.17, 15) is 8.42 Å². The number of hydrogen-bond donors (Lipinski definition) is 0. The summed E-state index contributed by atoms with van der Waals surface area (Å²) in [4.78, 5) is 0. The van der Waals surface area contributed by atoms with Crippen molar-refractivity contribution in [3.05, 3.63) is 0 Å². The van der Waals surface area contributed by atoms with E-state index in [-0.39, 0.29) is 12.4 Å². The zero-order valence-corrected chi connectivity index (χ0v) is 10.9. The SMILES string of the molecule is O=S(=O)(Cl)CCOCCOC1CCCCC1. The summed E-state index contributed by atoms with van der Waals surface area (Å²) < 4.78 is 31.9. The minimum atomic E-state index is -3.43. The molecule has 1 rings (SSSR count). The van der Waals surface area contributed by atoms with E-state index in [0.717, 1.165) is 12.8 Å². The molecule has 6 heteroatoms. The fourth-order valence-electron chi connectivity index (χ4n) is 1.77. The van der Waals surface area contributed by atoms with Gasteiger partial charge in [0.2, 0.25) is 9.05 Å². The highest BCUT2D eigenvalue weighted by Crippen LogP contribution is 2.19. The minimum absolute atomic E-state index is 0.139. The maximum absolute atomic E-state index is 10.6. The highest BCUT2D eigenvalue weighted by Gasteiger charge is 2.13. The van der Waals surface area contributed by atoms with Gasteiger partial charge in [-0.1, -0.05) is 19.3 Å². The highest BCUT2D eigenvalue weighted by atomic mass is 35.7. The molecule has 0 atom stereocenters. The lowest BCUT2D eigenvalue weighted by Crippen LogP contribution is -2.19. The van der Waals surface area contributed by atoms with Crippen LogP contribution in [0.3, 0.4) is 0 Å². The average molecular weight is 271 g/mol. The van der Waals surface area contributed by atoms with Crippen molar-refractivity contribution in [1.82, 2.24) is 0 Å². The largest absolute Gasteiger partial charge is 0.378 e. The summed E-state index contributed by atoms with van der Waals surface area (Å²) in [5.41, 5.74) is 0.